The van der Waals surface area contributed by atoms with Crippen LogP contribution in [0.15, 0.2) is 97.1 Å². The maximum absolute atomic E-state index is 7.56. The van der Waals surface area contributed by atoms with Gasteiger partial charge in [-0.25, -0.2) is 0 Å². The van der Waals surface area contributed by atoms with Gasteiger partial charge in [0.2, 0.25) is 0 Å². The Balaban J connectivity index is 1.22. The fourth-order valence-corrected chi connectivity index (χ4v) is 8.51. The standard InChI is InChI=1S/C43H42N2O3/c1-29-8-17-36-38(28-29)42(2,3)40-37-18-19-43(48-41(37)35-7-5-4-6-34(35)39(36)40,30-9-13-32(14-10-30)44-20-24-46-25-21-44)31-11-15-33(16-12-31)45-22-26-47-27-23-45/h4-19,28H,20-27H2,1-3H3. The molecule has 48 heavy (non-hydrogen) atoms. The maximum atomic E-state index is 7.56. The molecular weight excluding hydrogens is 592 g/mol. The number of hydrogen-bond acceptors (Lipinski definition) is 5. The molecule has 0 aromatic heterocycles. The molecule has 0 N–H and O–H groups in total. The van der Waals surface area contributed by atoms with Crippen LogP contribution in [0.25, 0.3) is 28.0 Å². The first-order chi connectivity index (χ1) is 23.4. The number of benzene rings is 5. The first-order valence-electron chi connectivity index (χ1n) is 17.4. The van der Waals surface area contributed by atoms with Crippen molar-refractivity contribution in [3.8, 4) is 16.9 Å². The normalized spacial score (nSPS) is 19.1. The summed E-state index contributed by atoms with van der Waals surface area (Å²) in [5.41, 5.74) is 11.6. The number of aryl methyl sites for hydroxylation is 1. The van der Waals surface area contributed by atoms with Crippen molar-refractivity contribution in [1.29, 1.82) is 0 Å². The molecule has 0 bridgehead atoms. The number of morpholine rings is 2. The van der Waals surface area contributed by atoms with Gasteiger partial charge in [0, 0.05) is 65.0 Å². The highest BCUT2D eigenvalue weighted by Crippen LogP contribution is 2.58. The largest absolute Gasteiger partial charge is 0.472 e. The van der Waals surface area contributed by atoms with Crippen LogP contribution in [0.3, 0.4) is 0 Å². The zero-order valence-corrected chi connectivity index (χ0v) is 28.1. The molecule has 2 fully saturated rings. The lowest BCUT2D eigenvalue weighted by Crippen LogP contribution is -2.37. The Morgan fingerprint density at radius 2 is 1.21 bits per heavy atom. The van der Waals surface area contributed by atoms with Crippen LogP contribution >= 0.6 is 0 Å². The van der Waals surface area contributed by atoms with Gasteiger partial charge in [0.1, 0.15) is 5.75 Å². The van der Waals surface area contributed by atoms with Crippen molar-refractivity contribution >= 4 is 28.2 Å². The summed E-state index contributed by atoms with van der Waals surface area (Å²) in [7, 11) is 0. The summed E-state index contributed by atoms with van der Waals surface area (Å²) >= 11 is 0. The predicted octanol–water partition coefficient (Wildman–Crippen LogP) is 8.48. The molecule has 1 aliphatic carbocycles. The van der Waals surface area contributed by atoms with Gasteiger partial charge in [-0.2, -0.15) is 0 Å². The van der Waals surface area contributed by atoms with Crippen LogP contribution in [-0.4, -0.2) is 52.6 Å². The quantitative estimate of drug-likeness (QED) is 0.198. The molecule has 3 heterocycles. The van der Waals surface area contributed by atoms with Crippen molar-refractivity contribution in [2.45, 2.75) is 31.8 Å². The van der Waals surface area contributed by atoms with Crippen LogP contribution in [0, 0.1) is 6.92 Å². The van der Waals surface area contributed by atoms with Crippen LogP contribution < -0.4 is 14.5 Å². The Hall–Kier alpha value is -4.58. The Labute approximate surface area is 283 Å². The van der Waals surface area contributed by atoms with E-state index >= 15 is 0 Å². The number of hydrogen-bond donors (Lipinski definition) is 0. The molecule has 0 saturated carbocycles. The summed E-state index contributed by atoms with van der Waals surface area (Å²) in [5.74, 6) is 0.957. The van der Waals surface area contributed by atoms with Crippen molar-refractivity contribution in [3.63, 3.8) is 0 Å². The third-order valence-corrected chi connectivity index (χ3v) is 11.0. The van der Waals surface area contributed by atoms with Gasteiger partial charge >= 0.3 is 0 Å². The Bertz CT molecular complexity index is 1990. The zero-order valence-electron chi connectivity index (χ0n) is 28.1. The Morgan fingerprint density at radius 1 is 0.646 bits per heavy atom. The molecule has 2 saturated heterocycles. The van der Waals surface area contributed by atoms with E-state index in [1.807, 2.05) is 0 Å². The zero-order chi connectivity index (χ0) is 32.5. The van der Waals surface area contributed by atoms with Gasteiger partial charge in [0.25, 0.3) is 0 Å². The van der Waals surface area contributed by atoms with E-state index in [2.05, 4.69) is 134 Å². The van der Waals surface area contributed by atoms with E-state index in [1.54, 1.807) is 0 Å². The number of ether oxygens (including phenoxy) is 3. The highest BCUT2D eigenvalue weighted by molar-refractivity contribution is 6.08. The van der Waals surface area contributed by atoms with Crippen molar-refractivity contribution in [2.24, 2.45) is 0 Å². The summed E-state index contributed by atoms with van der Waals surface area (Å²) in [6, 6.07) is 33.8. The summed E-state index contributed by atoms with van der Waals surface area (Å²) in [4.78, 5) is 4.81. The van der Waals surface area contributed by atoms with Gasteiger partial charge in [0.05, 0.1) is 26.4 Å². The molecule has 5 heteroatoms. The molecule has 5 aromatic rings. The molecule has 3 aliphatic heterocycles. The molecule has 5 nitrogen and oxygen atoms in total. The lowest BCUT2D eigenvalue weighted by molar-refractivity contribution is 0.122. The minimum atomic E-state index is -0.802. The van der Waals surface area contributed by atoms with E-state index < -0.39 is 5.60 Å². The number of rotatable bonds is 4. The van der Waals surface area contributed by atoms with E-state index in [9.17, 15) is 0 Å². The number of anilines is 2. The second-order valence-corrected chi connectivity index (χ2v) is 14.2. The van der Waals surface area contributed by atoms with Crippen molar-refractivity contribution < 1.29 is 14.2 Å². The highest BCUT2D eigenvalue weighted by Gasteiger charge is 2.44. The smallest absolute Gasteiger partial charge is 0.178 e. The molecule has 9 rings (SSSR count). The molecule has 242 valence electrons. The summed E-state index contributed by atoms with van der Waals surface area (Å²) in [6.45, 7) is 13.6. The lowest BCUT2D eigenvalue weighted by Gasteiger charge is -2.39. The van der Waals surface area contributed by atoms with Crippen molar-refractivity contribution in [1.82, 2.24) is 0 Å². The molecular formula is C43H42N2O3. The van der Waals surface area contributed by atoms with Gasteiger partial charge in [-0.05, 0) is 64.9 Å². The van der Waals surface area contributed by atoms with Crippen molar-refractivity contribution in [2.75, 3.05) is 62.4 Å². The summed E-state index contributed by atoms with van der Waals surface area (Å²) in [5, 5.41) is 2.40. The minimum Gasteiger partial charge on any atom is -0.472 e. The monoisotopic (exact) mass is 634 g/mol. The van der Waals surface area contributed by atoms with Crippen LogP contribution in [0.2, 0.25) is 0 Å². The van der Waals surface area contributed by atoms with Gasteiger partial charge in [-0.15, -0.1) is 0 Å². The molecule has 0 spiro atoms. The third-order valence-electron chi connectivity index (χ3n) is 11.0. The van der Waals surface area contributed by atoms with Gasteiger partial charge in [-0.1, -0.05) is 92.2 Å². The second kappa shape index (κ2) is 11.3. The summed E-state index contributed by atoms with van der Waals surface area (Å²) < 4.78 is 18.8. The lowest BCUT2D eigenvalue weighted by atomic mass is 9.76. The summed E-state index contributed by atoms with van der Waals surface area (Å²) in [6.07, 6.45) is 4.67. The van der Waals surface area contributed by atoms with Crippen LogP contribution in [0.4, 0.5) is 11.4 Å². The Kier molecular flexibility index (Phi) is 6.93. The van der Waals surface area contributed by atoms with E-state index in [4.69, 9.17) is 14.2 Å². The average Bonchev–Trinajstić information content (AvgIpc) is 3.38. The molecule has 0 radical (unpaired) electrons. The second-order valence-electron chi connectivity index (χ2n) is 14.2. The van der Waals surface area contributed by atoms with E-state index in [1.165, 1.54) is 50.1 Å². The van der Waals surface area contributed by atoms with Gasteiger partial charge in [0.15, 0.2) is 5.60 Å². The third kappa shape index (κ3) is 4.52. The molecule has 0 amide bonds. The average molecular weight is 635 g/mol. The molecule has 5 aromatic carbocycles. The van der Waals surface area contributed by atoms with Crippen LogP contribution in [-0.2, 0) is 20.5 Å². The van der Waals surface area contributed by atoms with Crippen LogP contribution in [0.5, 0.6) is 5.75 Å². The Morgan fingerprint density at radius 3 is 1.79 bits per heavy atom. The number of fused-ring (bicyclic) bond motifs is 8. The number of nitrogens with zero attached hydrogens (tertiary/aromatic N) is 2. The van der Waals surface area contributed by atoms with E-state index in [0.29, 0.717) is 0 Å². The van der Waals surface area contributed by atoms with Gasteiger partial charge < -0.3 is 24.0 Å². The maximum Gasteiger partial charge on any atom is 0.178 e. The fourth-order valence-electron chi connectivity index (χ4n) is 8.51. The van der Waals surface area contributed by atoms with Crippen molar-refractivity contribution in [3.05, 3.63) is 130 Å². The first-order valence-corrected chi connectivity index (χ1v) is 17.4. The van der Waals surface area contributed by atoms with Gasteiger partial charge in [-0.3, -0.25) is 0 Å². The molecule has 0 atom stereocenters. The first kappa shape index (κ1) is 29.6. The molecule has 4 aliphatic rings. The topological polar surface area (TPSA) is 34.2 Å². The fraction of sp³-hybridized carbons (Fsp3) is 0.302. The molecule has 0 unspecified atom stereocenters. The minimum absolute atomic E-state index is 0.169. The predicted molar refractivity (Wildman–Crippen MR) is 196 cm³/mol. The highest BCUT2D eigenvalue weighted by atomic mass is 16.5. The van der Waals surface area contributed by atoms with Crippen LogP contribution in [0.1, 0.15) is 47.2 Å². The SMILES string of the molecule is Cc1ccc2c(c1)C(C)(C)c1c3c(c4ccccc4c1-2)OC(c1ccc(N2CCOCC2)cc1)(c1ccc(N2CCOCC2)cc1)C=C3. The van der Waals surface area contributed by atoms with E-state index in [0.717, 1.165) is 74.9 Å². The van der Waals surface area contributed by atoms with E-state index in [-0.39, 0.29) is 5.41 Å².